The molecule has 0 amide bonds. The van der Waals surface area contributed by atoms with Gasteiger partial charge in [0.1, 0.15) is 5.75 Å². The predicted molar refractivity (Wildman–Crippen MR) is 95.6 cm³/mol. The molecule has 0 aliphatic carbocycles. The molecule has 7 nitrogen and oxygen atoms in total. The van der Waals surface area contributed by atoms with Gasteiger partial charge in [0.2, 0.25) is 5.95 Å². The van der Waals surface area contributed by atoms with Gasteiger partial charge in [0.15, 0.2) is 0 Å². The van der Waals surface area contributed by atoms with E-state index in [1.807, 2.05) is 43.8 Å². The Hall–Kier alpha value is -3.35. The van der Waals surface area contributed by atoms with Gasteiger partial charge in [0, 0.05) is 53.9 Å². The maximum Gasteiger partial charge on any atom is 0.223 e. The van der Waals surface area contributed by atoms with Crippen LogP contribution in [0.1, 0.15) is 17.2 Å². The van der Waals surface area contributed by atoms with E-state index in [-0.39, 0.29) is 6.04 Å². The first kappa shape index (κ1) is 15.2. The fourth-order valence-electron chi connectivity index (χ4n) is 2.92. The fourth-order valence-corrected chi connectivity index (χ4v) is 2.92. The first-order valence-corrected chi connectivity index (χ1v) is 7.92. The van der Waals surface area contributed by atoms with E-state index in [1.165, 1.54) is 0 Å². The zero-order valence-electron chi connectivity index (χ0n) is 14.0. The summed E-state index contributed by atoms with van der Waals surface area (Å²) < 4.78 is 7.16. The number of hydrogen-bond donors (Lipinski definition) is 2. The lowest BCUT2D eigenvalue weighted by atomic mass is 10.0. The lowest BCUT2D eigenvalue weighted by Crippen LogP contribution is -2.13. The number of anilines is 1. The second-order valence-corrected chi connectivity index (χ2v) is 5.75. The number of nitrogens with zero attached hydrogens (tertiary/aromatic N) is 4. The number of nitrogens with one attached hydrogen (secondary N) is 2. The van der Waals surface area contributed by atoms with E-state index in [9.17, 15) is 0 Å². The number of H-pyrrole nitrogens is 1. The van der Waals surface area contributed by atoms with Crippen molar-refractivity contribution in [2.75, 3.05) is 12.4 Å². The van der Waals surface area contributed by atoms with Gasteiger partial charge in [0.25, 0.3) is 0 Å². The lowest BCUT2D eigenvalue weighted by Gasteiger charge is -2.17. The van der Waals surface area contributed by atoms with Gasteiger partial charge in [-0.3, -0.25) is 4.68 Å². The van der Waals surface area contributed by atoms with Crippen molar-refractivity contribution in [2.45, 2.75) is 6.04 Å². The summed E-state index contributed by atoms with van der Waals surface area (Å²) >= 11 is 0. The molecule has 25 heavy (non-hydrogen) atoms. The van der Waals surface area contributed by atoms with Gasteiger partial charge in [-0.25, -0.2) is 9.97 Å². The summed E-state index contributed by atoms with van der Waals surface area (Å²) in [7, 11) is 3.57. The molecule has 1 unspecified atom stereocenters. The molecule has 0 saturated carbocycles. The number of rotatable bonds is 5. The van der Waals surface area contributed by atoms with Crippen LogP contribution in [-0.4, -0.2) is 31.8 Å². The highest BCUT2D eigenvalue weighted by Gasteiger charge is 2.20. The Morgan fingerprint density at radius 2 is 2.08 bits per heavy atom. The average molecular weight is 334 g/mol. The Morgan fingerprint density at radius 3 is 2.80 bits per heavy atom. The molecule has 126 valence electrons. The van der Waals surface area contributed by atoms with Crippen LogP contribution in [0.3, 0.4) is 0 Å². The topological polar surface area (TPSA) is 80.7 Å². The number of hydrogen-bond acceptors (Lipinski definition) is 5. The van der Waals surface area contributed by atoms with Gasteiger partial charge in [-0.1, -0.05) is 0 Å². The molecule has 0 aliphatic rings. The Bertz CT molecular complexity index is 991. The van der Waals surface area contributed by atoms with Gasteiger partial charge >= 0.3 is 0 Å². The van der Waals surface area contributed by atoms with E-state index in [2.05, 4.69) is 25.4 Å². The largest absolute Gasteiger partial charge is 0.497 e. The van der Waals surface area contributed by atoms with Crippen molar-refractivity contribution in [3.63, 3.8) is 0 Å². The van der Waals surface area contributed by atoms with E-state index in [0.717, 1.165) is 27.8 Å². The highest BCUT2D eigenvalue weighted by Crippen LogP contribution is 2.32. The van der Waals surface area contributed by atoms with E-state index in [0.29, 0.717) is 5.95 Å². The van der Waals surface area contributed by atoms with Crippen LogP contribution in [0.2, 0.25) is 0 Å². The fraction of sp³-hybridized carbons (Fsp3) is 0.167. The standard InChI is InChI=1S/C18H18N6O/c1-24-11-12(9-22-24)17(23-18-19-6-3-7-20-18)15-10-21-16-5-4-13(25-2)8-14(15)16/h3-11,17,21H,1-2H3,(H,19,20,23). The van der Waals surface area contributed by atoms with Gasteiger partial charge in [-0.05, 0) is 24.3 Å². The number of benzene rings is 1. The van der Waals surface area contributed by atoms with E-state index < -0.39 is 0 Å². The first-order valence-electron chi connectivity index (χ1n) is 7.92. The minimum Gasteiger partial charge on any atom is -0.497 e. The molecule has 4 aromatic rings. The zero-order chi connectivity index (χ0) is 17.2. The van der Waals surface area contributed by atoms with Gasteiger partial charge in [-0.15, -0.1) is 0 Å². The number of ether oxygens (including phenoxy) is 1. The molecule has 3 heterocycles. The van der Waals surface area contributed by atoms with Gasteiger partial charge < -0.3 is 15.0 Å². The second-order valence-electron chi connectivity index (χ2n) is 5.75. The molecular formula is C18H18N6O. The summed E-state index contributed by atoms with van der Waals surface area (Å²) in [4.78, 5) is 11.9. The van der Waals surface area contributed by atoms with E-state index >= 15 is 0 Å². The number of aryl methyl sites for hydroxylation is 1. The van der Waals surface area contributed by atoms with Crippen LogP contribution in [0, 0.1) is 0 Å². The Balaban J connectivity index is 1.83. The molecule has 3 aromatic heterocycles. The summed E-state index contributed by atoms with van der Waals surface area (Å²) in [6.07, 6.45) is 9.26. The Kier molecular flexibility index (Phi) is 3.81. The van der Waals surface area contributed by atoms with Gasteiger partial charge in [-0.2, -0.15) is 5.10 Å². The molecule has 0 radical (unpaired) electrons. The Labute approximate surface area is 144 Å². The quantitative estimate of drug-likeness (QED) is 0.586. The van der Waals surface area contributed by atoms with Crippen molar-refractivity contribution in [2.24, 2.45) is 7.05 Å². The van der Waals surface area contributed by atoms with Crippen molar-refractivity contribution >= 4 is 16.9 Å². The SMILES string of the molecule is COc1ccc2[nH]cc(C(Nc3ncccn3)c3cnn(C)c3)c2c1. The molecule has 0 aliphatic heterocycles. The normalized spacial score (nSPS) is 12.2. The summed E-state index contributed by atoms with van der Waals surface area (Å²) in [6, 6.07) is 7.63. The summed E-state index contributed by atoms with van der Waals surface area (Å²) in [6.45, 7) is 0. The third-order valence-corrected chi connectivity index (χ3v) is 4.13. The van der Waals surface area contributed by atoms with Crippen molar-refractivity contribution in [3.05, 3.63) is 66.4 Å². The van der Waals surface area contributed by atoms with Crippen molar-refractivity contribution in [3.8, 4) is 5.75 Å². The lowest BCUT2D eigenvalue weighted by molar-refractivity contribution is 0.415. The molecule has 0 saturated heterocycles. The van der Waals surface area contributed by atoms with Crippen LogP contribution < -0.4 is 10.1 Å². The van der Waals surface area contributed by atoms with Crippen LogP contribution in [0.25, 0.3) is 10.9 Å². The third-order valence-electron chi connectivity index (χ3n) is 4.13. The van der Waals surface area contributed by atoms with Crippen molar-refractivity contribution in [1.29, 1.82) is 0 Å². The molecule has 2 N–H and O–H groups in total. The van der Waals surface area contributed by atoms with Crippen LogP contribution in [0.4, 0.5) is 5.95 Å². The second kappa shape index (κ2) is 6.27. The Morgan fingerprint density at radius 1 is 1.24 bits per heavy atom. The highest BCUT2D eigenvalue weighted by atomic mass is 16.5. The van der Waals surface area contributed by atoms with E-state index in [4.69, 9.17) is 4.74 Å². The number of methoxy groups -OCH3 is 1. The predicted octanol–water partition coefficient (Wildman–Crippen LogP) is 2.90. The maximum absolute atomic E-state index is 5.38. The highest BCUT2D eigenvalue weighted by molar-refractivity contribution is 5.86. The minimum atomic E-state index is -0.142. The maximum atomic E-state index is 5.38. The molecule has 1 atom stereocenters. The van der Waals surface area contributed by atoms with Gasteiger partial charge in [0.05, 0.1) is 19.3 Å². The van der Waals surface area contributed by atoms with Crippen LogP contribution in [0.5, 0.6) is 5.75 Å². The molecule has 0 spiro atoms. The third kappa shape index (κ3) is 2.91. The van der Waals surface area contributed by atoms with Crippen LogP contribution in [0.15, 0.2) is 55.2 Å². The first-order chi connectivity index (χ1) is 12.2. The summed E-state index contributed by atoms with van der Waals surface area (Å²) in [5.41, 5.74) is 3.15. The van der Waals surface area contributed by atoms with Crippen LogP contribution in [-0.2, 0) is 7.05 Å². The van der Waals surface area contributed by atoms with Crippen molar-refractivity contribution < 1.29 is 4.74 Å². The monoisotopic (exact) mass is 334 g/mol. The zero-order valence-corrected chi connectivity index (χ0v) is 14.0. The number of aromatic nitrogens is 5. The van der Waals surface area contributed by atoms with E-state index in [1.54, 1.807) is 30.3 Å². The molecule has 0 fully saturated rings. The molecule has 4 rings (SSSR count). The summed E-state index contributed by atoms with van der Waals surface area (Å²) in [5, 5.41) is 8.79. The van der Waals surface area contributed by atoms with Crippen molar-refractivity contribution in [1.82, 2.24) is 24.7 Å². The summed E-state index contributed by atoms with van der Waals surface area (Å²) in [5.74, 6) is 1.38. The number of aromatic amines is 1. The molecular weight excluding hydrogens is 316 g/mol. The number of fused-ring (bicyclic) bond motifs is 1. The molecule has 0 bridgehead atoms. The van der Waals surface area contributed by atoms with Crippen LogP contribution >= 0.6 is 0 Å². The average Bonchev–Trinajstić information content (AvgIpc) is 3.26. The smallest absolute Gasteiger partial charge is 0.223 e. The molecule has 1 aromatic carbocycles. The minimum absolute atomic E-state index is 0.142. The molecule has 7 heteroatoms.